The highest BCUT2D eigenvalue weighted by atomic mass is 32.1. The average molecular weight is 393 g/mol. The lowest BCUT2D eigenvalue weighted by Crippen LogP contribution is -2.46. The molecule has 0 bridgehead atoms. The first-order chi connectivity index (χ1) is 12.8. The lowest BCUT2D eigenvalue weighted by molar-refractivity contribution is -0.123. The topological polar surface area (TPSA) is 74.3 Å². The SMILES string of the molecule is Cc1nc(C(C)(C)C)sc1C(=O)N1CCCC(CNC(=O)C2CCCN2)C1. The second kappa shape index (κ2) is 8.27. The second-order valence-electron chi connectivity index (χ2n) is 8.84. The molecule has 2 N–H and O–H groups in total. The van der Waals surface area contributed by atoms with E-state index in [1.54, 1.807) is 0 Å². The van der Waals surface area contributed by atoms with Crippen molar-refractivity contribution in [2.24, 2.45) is 5.92 Å². The van der Waals surface area contributed by atoms with Crippen molar-refractivity contribution in [1.29, 1.82) is 0 Å². The summed E-state index contributed by atoms with van der Waals surface area (Å²) < 4.78 is 0. The van der Waals surface area contributed by atoms with Crippen molar-refractivity contribution in [2.75, 3.05) is 26.2 Å². The first-order valence-electron chi connectivity index (χ1n) is 10.0. The Morgan fingerprint density at radius 1 is 1.30 bits per heavy atom. The Balaban J connectivity index is 1.58. The van der Waals surface area contributed by atoms with E-state index in [1.165, 1.54) is 11.3 Å². The number of nitrogens with zero attached hydrogens (tertiary/aromatic N) is 2. The molecule has 1 aromatic rings. The third-order valence-corrected chi connectivity index (χ3v) is 6.95. The average Bonchev–Trinajstić information content (AvgIpc) is 3.28. The van der Waals surface area contributed by atoms with Crippen molar-refractivity contribution in [3.63, 3.8) is 0 Å². The minimum atomic E-state index is -0.0447. The second-order valence-corrected chi connectivity index (χ2v) is 9.84. The van der Waals surface area contributed by atoms with Crippen molar-refractivity contribution >= 4 is 23.2 Å². The van der Waals surface area contributed by atoms with Gasteiger partial charge in [-0.1, -0.05) is 20.8 Å². The normalized spacial score (nSPS) is 23.5. The minimum Gasteiger partial charge on any atom is -0.354 e. The molecular formula is C20H32N4O2S. The van der Waals surface area contributed by atoms with Crippen LogP contribution in [0.1, 0.15) is 66.8 Å². The fourth-order valence-electron chi connectivity index (χ4n) is 3.75. The van der Waals surface area contributed by atoms with Gasteiger partial charge in [0.25, 0.3) is 5.91 Å². The van der Waals surface area contributed by atoms with Gasteiger partial charge in [0, 0.05) is 25.0 Å². The van der Waals surface area contributed by atoms with Gasteiger partial charge in [0.1, 0.15) is 4.88 Å². The van der Waals surface area contributed by atoms with E-state index in [4.69, 9.17) is 0 Å². The van der Waals surface area contributed by atoms with Gasteiger partial charge < -0.3 is 15.5 Å². The van der Waals surface area contributed by atoms with Gasteiger partial charge in [0.15, 0.2) is 0 Å². The molecule has 2 aliphatic heterocycles. The van der Waals surface area contributed by atoms with Gasteiger partial charge in [-0.2, -0.15) is 0 Å². The van der Waals surface area contributed by atoms with E-state index in [0.29, 0.717) is 19.0 Å². The lowest BCUT2D eigenvalue weighted by Gasteiger charge is -2.33. The molecule has 7 heteroatoms. The first kappa shape index (κ1) is 20.3. The minimum absolute atomic E-state index is 0.0398. The van der Waals surface area contributed by atoms with Crippen LogP contribution < -0.4 is 10.6 Å². The number of likely N-dealkylation sites (tertiary alicyclic amines) is 1. The summed E-state index contributed by atoms with van der Waals surface area (Å²) in [6, 6.07) is -0.0398. The quantitative estimate of drug-likeness (QED) is 0.825. The number of hydrogen-bond acceptors (Lipinski definition) is 5. The van der Waals surface area contributed by atoms with Crippen LogP contribution in [0.3, 0.4) is 0 Å². The lowest BCUT2D eigenvalue weighted by atomic mass is 9.97. The van der Waals surface area contributed by atoms with Gasteiger partial charge in [0.2, 0.25) is 5.91 Å². The summed E-state index contributed by atoms with van der Waals surface area (Å²) in [5.41, 5.74) is 0.786. The van der Waals surface area contributed by atoms with E-state index in [-0.39, 0.29) is 23.3 Å². The molecule has 0 radical (unpaired) electrons. The smallest absolute Gasteiger partial charge is 0.265 e. The summed E-state index contributed by atoms with van der Waals surface area (Å²) in [7, 11) is 0. The highest BCUT2D eigenvalue weighted by molar-refractivity contribution is 7.14. The van der Waals surface area contributed by atoms with Crippen LogP contribution in [0.4, 0.5) is 0 Å². The molecule has 2 amide bonds. The number of amides is 2. The monoisotopic (exact) mass is 392 g/mol. The number of aryl methyl sites for hydroxylation is 1. The highest BCUT2D eigenvalue weighted by Crippen LogP contribution is 2.30. The molecule has 0 spiro atoms. The van der Waals surface area contributed by atoms with Crippen LogP contribution in [-0.4, -0.2) is 53.9 Å². The number of carbonyl (C=O) groups excluding carboxylic acids is 2. The molecule has 3 rings (SSSR count). The Labute approximate surface area is 166 Å². The predicted molar refractivity (Wildman–Crippen MR) is 108 cm³/mol. The Hall–Kier alpha value is -1.47. The molecule has 2 unspecified atom stereocenters. The molecule has 3 heterocycles. The summed E-state index contributed by atoms with van der Waals surface area (Å²) >= 11 is 1.52. The number of piperidine rings is 1. The van der Waals surface area contributed by atoms with Gasteiger partial charge >= 0.3 is 0 Å². The third-order valence-electron chi connectivity index (χ3n) is 5.38. The zero-order valence-electron chi connectivity index (χ0n) is 16.9. The van der Waals surface area contributed by atoms with Crippen molar-refractivity contribution in [1.82, 2.24) is 20.5 Å². The highest BCUT2D eigenvalue weighted by Gasteiger charge is 2.30. The molecule has 150 valence electrons. The predicted octanol–water partition coefficient (Wildman–Crippen LogP) is 2.47. The summed E-state index contributed by atoms with van der Waals surface area (Å²) in [5, 5.41) is 7.32. The van der Waals surface area contributed by atoms with Crippen molar-refractivity contribution in [2.45, 2.75) is 64.8 Å². The largest absolute Gasteiger partial charge is 0.354 e. The van der Waals surface area contributed by atoms with Gasteiger partial charge in [-0.05, 0) is 45.1 Å². The Morgan fingerprint density at radius 3 is 2.70 bits per heavy atom. The number of rotatable bonds is 4. The molecule has 2 saturated heterocycles. The number of thiazole rings is 1. The number of hydrogen-bond donors (Lipinski definition) is 2. The van der Waals surface area contributed by atoms with E-state index in [2.05, 4.69) is 36.4 Å². The van der Waals surface area contributed by atoms with Crippen molar-refractivity contribution in [3.05, 3.63) is 15.6 Å². The summed E-state index contributed by atoms with van der Waals surface area (Å²) in [6.07, 6.45) is 4.02. The molecule has 2 fully saturated rings. The van der Waals surface area contributed by atoms with Crippen LogP contribution in [0.5, 0.6) is 0 Å². The van der Waals surface area contributed by atoms with Crippen LogP contribution in [0.25, 0.3) is 0 Å². The van der Waals surface area contributed by atoms with Gasteiger partial charge in [-0.15, -0.1) is 11.3 Å². The van der Waals surface area contributed by atoms with Crippen LogP contribution in [0.2, 0.25) is 0 Å². The van der Waals surface area contributed by atoms with E-state index >= 15 is 0 Å². The first-order valence-corrected chi connectivity index (χ1v) is 10.9. The Kier molecular flexibility index (Phi) is 6.21. The van der Waals surface area contributed by atoms with Crippen molar-refractivity contribution in [3.8, 4) is 0 Å². The number of aromatic nitrogens is 1. The molecule has 0 aromatic carbocycles. The molecule has 2 aliphatic rings. The fraction of sp³-hybridized carbons (Fsp3) is 0.750. The van der Waals surface area contributed by atoms with Gasteiger partial charge in [-0.3, -0.25) is 9.59 Å². The van der Waals surface area contributed by atoms with Crippen LogP contribution in [0.15, 0.2) is 0 Å². The van der Waals surface area contributed by atoms with Crippen LogP contribution >= 0.6 is 11.3 Å². The summed E-state index contributed by atoms with van der Waals surface area (Å²) in [4.78, 5) is 32.6. The number of nitrogens with one attached hydrogen (secondary N) is 2. The molecule has 0 saturated carbocycles. The zero-order chi connectivity index (χ0) is 19.6. The van der Waals surface area contributed by atoms with E-state index in [9.17, 15) is 9.59 Å². The van der Waals surface area contributed by atoms with Crippen LogP contribution in [-0.2, 0) is 10.2 Å². The van der Waals surface area contributed by atoms with Gasteiger partial charge in [-0.25, -0.2) is 4.98 Å². The maximum Gasteiger partial charge on any atom is 0.265 e. The summed E-state index contributed by atoms with van der Waals surface area (Å²) in [5.74, 6) is 0.515. The van der Waals surface area contributed by atoms with Gasteiger partial charge in [0.05, 0.1) is 16.7 Å². The van der Waals surface area contributed by atoms with E-state index in [1.807, 2.05) is 11.8 Å². The molecule has 2 atom stereocenters. The molecular weight excluding hydrogens is 360 g/mol. The Bertz CT molecular complexity index is 689. The molecule has 6 nitrogen and oxygen atoms in total. The van der Waals surface area contributed by atoms with Crippen LogP contribution in [0, 0.1) is 12.8 Å². The van der Waals surface area contributed by atoms with Crippen molar-refractivity contribution < 1.29 is 9.59 Å². The van der Waals surface area contributed by atoms with E-state index < -0.39 is 0 Å². The fourth-order valence-corrected chi connectivity index (χ4v) is 4.84. The zero-order valence-corrected chi connectivity index (χ0v) is 17.7. The molecule has 27 heavy (non-hydrogen) atoms. The molecule has 1 aromatic heterocycles. The maximum absolute atomic E-state index is 13.1. The van der Waals surface area contributed by atoms with E-state index in [0.717, 1.165) is 54.4 Å². The molecule has 0 aliphatic carbocycles. The Morgan fingerprint density at radius 2 is 2.07 bits per heavy atom. The summed E-state index contributed by atoms with van der Waals surface area (Å²) in [6.45, 7) is 11.4. The third kappa shape index (κ3) is 4.88. The standard InChI is InChI=1S/C20H32N4O2S/c1-13-16(27-19(23-13)20(2,3)4)18(26)24-10-6-7-14(12-24)11-22-17(25)15-8-5-9-21-15/h14-15,21H,5-12H2,1-4H3,(H,22,25). The number of carbonyl (C=O) groups is 2. The maximum atomic E-state index is 13.1.